The molecule has 0 heterocycles. The smallest absolute Gasteiger partial charge is 0.410 e. The molecule has 6 heteroatoms. The molecule has 0 fully saturated rings. The van der Waals surface area contributed by atoms with Crippen LogP contribution in [0.15, 0.2) is 71.2 Å². The van der Waals surface area contributed by atoms with Crippen LogP contribution >= 0.6 is 15.9 Å². The van der Waals surface area contributed by atoms with E-state index in [-0.39, 0.29) is 19.1 Å². The lowest BCUT2D eigenvalue weighted by Gasteiger charge is -2.28. The van der Waals surface area contributed by atoms with Crippen LogP contribution in [0.2, 0.25) is 0 Å². The van der Waals surface area contributed by atoms with Crippen LogP contribution in [0.5, 0.6) is 0 Å². The fraction of sp³-hybridized carbons (Fsp3) is 0.231. The van der Waals surface area contributed by atoms with E-state index in [1.165, 1.54) is 4.90 Å². The van der Waals surface area contributed by atoms with E-state index < -0.39 is 18.1 Å². The second kappa shape index (κ2) is 9.17. The lowest BCUT2D eigenvalue weighted by molar-refractivity contribution is -0.143. The number of ether oxygens (including phenoxy) is 1. The van der Waals surface area contributed by atoms with E-state index in [4.69, 9.17) is 4.74 Å². The molecule has 3 aromatic rings. The second-order valence-electron chi connectivity index (χ2n) is 7.84. The minimum Gasteiger partial charge on any atom is -0.479 e. The molecule has 0 aromatic heterocycles. The minimum absolute atomic E-state index is 0.0803. The number of aliphatic carboxylic acids is 1. The molecule has 0 saturated heterocycles. The Kier molecular flexibility index (Phi) is 6.33. The highest BCUT2D eigenvalue weighted by molar-refractivity contribution is 9.10. The summed E-state index contributed by atoms with van der Waals surface area (Å²) in [5, 5.41) is 9.92. The maximum atomic E-state index is 13.1. The third-order valence-corrected chi connectivity index (χ3v) is 6.84. The van der Waals surface area contributed by atoms with Crippen LogP contribution in [-0.2, 0) is 9.53 Å². The van der Waals surface area contributed by atoms with Gasteiger partial charge in [0.25, 0.3) is 0 Å². The highest BCUT2D eigenvalue weighted by Crippen LogP contribution is 2.44. The van der Waals surface area contributed by atoms with Gasteiger partial charge in [0.05, 0.1) is 0 Å². The van der Waals surface area contributed by atoms with Gasteiger partial charge < -0.3 is 9.84 Å². The molecule has 1 N–H and O–H groups in total. The first kappa shape index (κ1) is 22.1. The third kappa shape index (κ3) is 4.02. The predicted octanol–water partition coefficient (Wildman–Crippen LogP) is 6.15. The molecule has 3 aromatic carbocycles. The Labute approximate surface area is 195 Å². The number of carboxylic acids is 1. The van der Waals surface area contributed by atoms with E-state index in [0.29, 0.717) is 5.56 Å². The Morgan fingerprint density at radius 1 is 1.03 bits per heavy atom. The van der Waals surface area contributed by atoms with Gasteiger partial charge in [0.2, 0.25) is 0 Å². The van der Waals surface area contributed by atoms with E-state index in [2.05, 4.69) is 40.2 Å². The molecular weight excluding hydrogens is 470 g/mol. The predicted molar refractivity (Wildman–Crippen MR) is 127 cm³/mol. The van der Waals surface area contributed by atoms with Gasteiger partial charge in [-0.3, -0.25) is 4.90 Å². The molecule has 32 heavy (non-hydrogen) atoms. The van der Waals surface area contributed by atoms with E-state index in [0.717, 1.165) is 32.3 Å². The number of carbonyl (C=O) groups excluding carboxylic acids is 1. The number of carbonyl (C=O) groups is 2. The molecule has 164 valence electrons. The average Bonchev–Trinajstić information content (AvgIpc) is 3.11. The number of halogens is 1. The molecule has 0 aliphatic heterocycles. The molecule has 0 spiro atoms. The lowest BCUT2D eigenvalue weighted by Crippen LogP contribution is -2.39. The van der Waals surface area contributed by atoms with Crippen molar-refractivity contribution in [2.24, 2.45) is 0 Å². The quantitative estimate of drug-likeness (QED) is 0.446. The van der Waals surface area contributed by atoms with Crippen LogP contribution in [-0.4, -0.2) is 35.2 Å². The van der Waals surface area contributed by atoms with Crippen molar-refractivity contribution in [2.75, 3.05) is 13.2 Å². The molecule has 1 aliphatic carbocycles. The van der Waals surface area contributed by atoms with Crippen molar-refractivity contribution in [1.29, 1.82) is 0 Å². The molecule has 0 bridgehead atoms. The van der Waals surface area contributed by atoms with Crippen LogP contribution in [0.1, 0.15) is 41.1 Å². The number of amides is 1. The standard InChI is InChI=1S/C26H24BrNO4/c1-3-28(24(25(29)30)17-12-13-23(27)16(2)14-17)26(31)32-15-22-20-10-6-4-8-18(20)19-9-5-7-11-21(19)22/h4-14,22,24H,3,15H2,1-2H3,(H,29,30). The molecule has 1 unspecified atom stereocenters. The Bertz CT molecular complexity index is 1130. The van der Waals surface area contributed by atoms with Crippen molar-refractivity contribution in [3.63, 3.8) is 0 Å². The molecule has 1 amide bonds. The van der Waals surface area contributed by atoms with E-state index in [1.807, 2.05) is 31.2 Å². The number of hydrogen-bond acceptors (Lipinski definition) is 3. The van der Waals surface area contributed by atoms with Crippen molar-refractivity contribution >= 4 is 28.0 Å². The Balaban J connectivity index is 1.57. The maximum Gasteiger partial charge on any atom is 0.410 e. The van der Waals surface area contributed by atoms with Crippen molar-refractivity contribution < 1.29 is 19.4 Å². The first-order valence-electron chi connectivity index (χ1n) is 10.5. The SMILES string of the molecule is CCN(C(=O)OCC1c2ccccc2-c2ccccc21)C(C(=O)O)c1ccc(Br)c(C)c1. The number of hydrogen-bond donors (Lipinski definition) is 1. The zero-order valence-corrected chi connectivity index (χ0v) is 19.5. The summed E-state index contributed by atoms with van der Waals surface area (Å²) in [6.07, 6.45) is -0.637. The van der Waals surface area contributed by atoms with Gasteiger partial charge in [-0.25, -0.2) is 9.59 Å². The van der Waals surface area contributed by atoms with E-state index in [9.17, 15) is 14.7 Å². The van der Waals surface area contributed by atoms with Crippen molar-refractivity contribution in [3.05, 3.63) is 93.5 Å². The van der Waals surface area contributed by atoms with Gasteiger partial charge in [-0.2, -0.15) is 0 Å². The zero-order valence-electron chi connectivity index (χ0n) is 17.9. The summed E-state index contributed by atoms with van der Waals surface area (Å²) >= 11 is 3.43. The largest absolute Gasteiger partial charge is 0.479 e. The fourth-order valence-corrected chi connectivity index (χ4v) is 4.63. The van der Waals surface area contributed by atoms with Gasteiger partial charge in [-0.15, -0.1) is 0 Å². The number of rotatable bonds is 6. The van der Waals surface area contributed by atoms with Gasteiger partial charge in [-0.1, -0.05) is 76.6 Å². The molecule has 0 saturated carbocycles. The molecule has 1 atom stereocenters. The van der Waals surface area contributed by atoms with Crippen LogP contribution in [0.25, 0.3) is 11.1 Å². The Morgan fingerprint density at radius 2 is 1.62 bits per heavy atom. The summed E-state index contributed by atoms with van der Waals surface area (Å²) in [5.74, 6) is -1.18. The van der Waals surface area contributed by atoms with Crippen LogP contribution in [0, 0.1) is 6.92 Å². The summed E-state index contributed by atoms with van der Waals surface area (Å²) in [7, 11) is 0. The van der Waals surface area contributed by atoms with E-state index in [1.54, 1.807) is 25.1 Å². The molecular formula is C26H24BrNO4. The fourth-order valence-electron chi connectivity index (χ4n) is 4.39. The van der Waals surface area contributed by atoms with Gasteiger partial charge in [0.15, 0.2) is 6.04 Å². The summed E-state index contributed by atoms with van der Waals surface area (Å²) in [5.41, 5.74) is 5.95. The van der Waals surface area contributed by atoms with Crippen LogP contribution in [0.4, 0.5) is 4.79 Å². The second-order valence-corrected chi connectivity index (χ2v) is 8.69. The normalized spacial score (nSPS) is 13.2. The highest BCUT2D eigenvalue weighted by atomic mass is 79.9. The lowest BCUT2D eigenvalue weighted by atomic mass is 9.98. The summed E-state index contributed by atoms with van der Waals surface area (Å²) in [4.78, 5) is 26.4. The number of aryl methyl sites for hydroxylation is 1. The van der Waals surface area contributed by atoms with Crippen molar-refractivity contribution in [2.45, 2.75) is 25.8 Å². The first-order chi connectivity index (χ1) is 15.4. The van der Waals surface area contributed by atoms with Gasteiger partial charge in [0.1, 0.15) is 6.61 Å². The van der Waals surface area contributed by atoms with Gasteiger partial charge in [0, 0.05) is 16.9 Å². The Hall–Kier alpha value is -3.12. The summed E-state index contributed by atoms with van der Waals surface area (Å²) < 4.78 is 6.60. The molecule has 0 radical (unpaired) electrons. The maximum absolute atomic E-state index is 13.1. The summed E-state index contributed by atoms with van der Waals surface area (Å²) in [6.45, 7) is 4.00. The number of likely N-dealkylation sites (N-methyl/N-ethyl adjacent to an activating group) is 1. The minimum atomic E-state index is -1.12. The Morgan fingerprint density at radius 3 is 2.16 bits per heavy atom. The molecule has 1 aliphatic rings. The monoisotopic (exact) mass is 493 g/mol. The number of nitrogens with zero attached hydrogens (tertiary/aromatic N) is 1. The number of benzene rings is 3. The number of fused-ring (bicyclic) bond motifs is 3. The van der Waals surface area contributed by atoms with E-state index >= 15 is 0 Å². The third-order valence-electron chi connectivity index (χ3n) is 5.95. The average molecular weight is 494 g/mol. The van der Waals surface area contributed by atoms with Crippen LogP contribution in [0.3, 0.4) is 0 Å². The zero-order chi connectivity index (χ0) is 22.8. The van der Waals surface area contributed by atoms with Gasteiger partial charge in [-0.05, 0) is 53.3 Å². The number of carboxylic acid groups (broad SMARTS) is 1. The molecule has 5 nitrogen and oxygen atoms in total. The van der Waals surface area contributed by atoms with Crippen molar-refractivity contribution in [3.8, 4) is 11.1 Å². The highest BCUT2D eigenvalue weighted by Gasteiger charge is 2.34. The first-order valence-corrected chi connectivity index (χ1v) is 11.3. The van der Waals surface area contributed by atoms with Crippen LogP contribution < -0.4 is 0 Å². The summed E-state index contributed by atoms with van der Waals surface area (Å²) in [6, 6.07) is 20.4. The molecule has 4 rings (SSSR count). The topological polar surface area (TPSA) is 66.8 Å². The van der Waals surface area contributed by atoms with Crippen molar-refractivity contribution in [1.82, 2.24) is 4.90 Å². The van der Waals surface area contributed by atoms with Gasteiger partial charge >= 0.3 is 12.1 Å².